The van der Waals surface area contributed by atoms with Gasteiger partial charge in [-0.15, -0.1) is 0 Å². The number of carbonyl (C=O) groups excluding carboxylic acids is 2. The minimum atomic E-state index is -0.123. The molecule has 1 N–H and O–H groups in total. The Labute approximate surface area is 165 Å². The first kappa shape index (κ1) is 19.6. The molecule has 142 valence electrons. The number of nitrogens with zero attached hydrogens (tertiary/aromatic N) is 1. The number of rotatable bonds is 7. The molecule has 4 nitrogen and oxygen atoms in total. The molecule has 1 aliphatic rings. The fraction of sp³-hybridized carbons (Fsp3) is 0.364. The summed E-state index contributed by atoms with van der Waals surface area (Å²) in [5.41, 5.74) is 3.78. The lowest BCUT2D eigenvalue weighted by Gasteiger charge is -2.26. The number of anilines is 1. The van der Waals surface area contributed by atoms with Gasteiger partial charge in [0.15, 0.2) is 5.78 Å². The van der Waals surface area contributed by atoms with Crippen LogP contribution in [0.5, 0.6) is 0 Å². The summed E-state index contributed by atoms with van der Waals surface area (Å²) < 4.78 is 0. The molecule has 1 fully saturated rings. The second-order valence-electron chi connectivity index (χ2n) is 6.93. The van der Waals surface area contributed by atoms with Crippen LogP contribution in [0, 0.1) is 6.92 Å². The number of hydrogen-bond donors (Lipinski definition) is 1. The number of thioether (sulfide) groups is 1. The van der Waals surface area contributed by atoms with Crippen LogP contribution < -0.4 is 5.32 Å². The third-order valence-corrected chi connectivity index (χ3v) is 5.62. The Hall–Kier alpha value is -2.11. The van der Waals surface area contributed by atoms with Crippen molar-refractivity contribution in [3.63, 3.8) is 0 Å². The molecule has 2 aromatic carbocycles. The monoisotopic (exact) mass is 382 g/mol. The van der Waals surface area contributed by atoms with Gasteiger partial charge in [-0.2, -0.15) is 11.8 Å². The van der Waals surface area contributed by atoms with Crippen LogP contribution in [0.15, 0.2) is 48.5 Å². The van der Waals surface area contributed by atoms with E-state index in [9.17, 15) is 9.59 Å². The molecule has 2 aromatic rings. The zero-order chi connectivity index (χ0) is 19.1. The molecular weight excluding hydrogens is 356 g/mol. The number of aryl methyl sites for hydroxylation is 1. The maximum Gasteiger partial charge on any atom is 0.224 e. The molecule has 0 spiro atoms. The molecule has 1 amide bonds. The Morgan fingerprint density at radius 1 is 1.04 bits per heavy atom. The van der Waals surface area contributed by atoms with Crippen LogP contribution >= 0.6 is 11.8 Å². The molecule has 5 heteroatoms. The Morgan fingerprint density at radius 2 is 1.78 bits per heavy atom. The number of ketones is 1. The minimum Gasteiger partial charge on any atom is -0.326 e. The van der Waals surface area contributed by atoms with Crippen molar-refractivity contribution in [3.05, 3.63) is 65.2 Å². The minimum absolute atomic E-state index is 0.00173. The number of amides is 1. The predicted octanol–water partition coefficient (Wildman–Crippen LogP) is 4.15. The predicted molar refractivity (Wildman–Crippen MR) is 112 cm³/mol. The molecule has 27 heavy (non-hydrogen) atoms. The van der Waals surface area contributed by atoms with Crippen LogP contribution in [-0.4, -0.2) is 41.2 Å². The highest BCUT2D eigenvalue weighted by atomic mass is 32.2. The van der Waals surface area contributed by atoms with Crippen LogP contribution in [0.25, 0.3) is 0 Å². The van der Waals surface area contributed by atoms with Gasteiger partial charge in [0, 0.05) is 55.2 Å². The van der Waals surface area contributed by atoms with Crippen molar-refractivity contribution < 1.29 is 9.59 Å². The SMILES string of the molecule is Cc1ccc(C(=O)CCC(=O)Nc2cccc(CN3CCSCC3)c2)cc1. The van der Waals surface area contributed by atoms with Crippen molar-refractivity contribution in [2.24, 2.45) is 0 Å². The van der Waals surface area contributed by atoms with Gasteiger partial charge in [-0.1, -0.05) is 42.0 Å². The van der Waals surface area contributed by atoms with Crippen LogP contribution in [0.4, 0.5) is 5.69 Å². The summed E-state index contributed by atoms with van der Waals surface area (Å²) in [7, 11) is 0. The molecule has 0 unspecified atom stereocenters. The van der Waals surface area contributed by atoms with E-state index in [4.69, 9.17) is 0 Å². The quantitative estimate of drug-likeness (QED) is 0.731. The molecule has 0 bridgehead atoms. The summed E-state index contributed by atoms with van der Waals surface area (Å²) in [5.74, 6) is 2.25. The summed E-state index contributed by atoms with van der Waals surface area (Å²) in [6, 6.07) is 15.5. The number of benzene rings is 2. The second kappa shape index (κ2) is 9.72. The van der Waals surface area contributed by atoms with Gasteiger partial charge in [0.05, 0.1) is 0 Å². The number of nitrogens with one attached hydrogen (secondary N) is 1. The first-order valence-electron chi connectivity index (χ1n) is 9.39. The highest BCUT2D eigenvalue weighted by molar-refractivity contribution is 7.99. The van der Waals surface area contributed by atoms with Gasteiger partial charge in [-0.25, -0.2) is 0 Å². The normalized spacial score (nSPS) is 14.7. The zero-order valence-electron chi connectivity index (χ0n) is 15.7. The number of hydrogen-bond acceptors (Lipinski definition) is 4. The molecule has 1 heterocycles. The third-order valence-electron chi connectivity index (χ3n) is 4.67. The Bertz CT molecular complexity index is 783. The molecule has 0 aliphatic carbocycles. The van der Waals surface area contributed by atoms with Gasteiger partial charge >= 0.3 is 0 Å². The average molecular weight is 383 g/mol. The highest BCUT2D eigenvalue weighted by Crippen LogP contribution is 2.16. The van der Waals surface area contributed by atoms with E-state index >= 15 is 0 Å². The summed E-state index contributed by atoms with van der Waals surface area (Å²) in [6.07, 6.45) is 0.417. The van der Waals surface area contributed by atoms with Crippen LogP contribution in [0.2, 0.25) is 0 Å². The average Bonchev–Trinajstić information content (AvgIpc) is 2.68. The maximum atomic E-state index is 12.2. The molecule has 3 rings (SSSR count). The molecule has 0 aromatic heterocycles. The van der Waals surface area contributed by atoms with Crippen LogP contribution in [-0.2, 0) is 11.3 Å². The standard InChI is InChI=1S/C22H26N2O2S/c1-17-5-7-19(8-6-17)21(25)9-10-22(26)23-20-4-2-3-18(15-20)16-24-11-13-27-14-12-24/h2-8,15H,9-14,16H2,1H3,(H,23,26). The van der Waals surface area contributed by atoms with E-state index in [2.05, 4.69) is 16.3 Å². The highest BCUT2D eigenvalue weighted by Gasteiger charge is 2.12. The van der Waals surface area contributed by atoms with Gasteiger partial charge < -0.3 is 5.32 Å². The molecule has 1 aliphatic heterocycles. The van der Waals surface area contributed by atoms with E-state index in [0.717, 1.165) is 30.9 Å². The van der Waals surface area contributed by atoms with Gasteiger partial charge in [0.2, 0.25) is 5.91 Å². The fourth-order valence-electron chi connectivity index (χ4n) is 3.10. The fourth-order valence-corrected chi connectivity index (χ4v) is 4.08. The topological polar surface area (TPSA) is 49.4 Å². The molecule has 0 saturated carbocycles. The van der Waals surface area contributed by atoms with Crippen LogP contribution in [0.1, 0.15) is 34.3 Å². The van der Waals surface area contributed by atoms with Crippen molar-refractivity contribution in [2.75, 3.05) is 29.9 Å². The molecular formula is C22H26N2O2S. The van der Waals surface area contributed by atoms with Crippen LogP contribution in [0.3, 0.4) is 0 Å². The van der Waals surface area contributed by atoms with Gasteiger partial charge in [0.1, 0.15) is 0 Å². The van der Waals surface area contributed by atoms with Crippen molar-refractivity contribution in [3.8, 4) is 0 Å². The maximum absolute atomic E-state index is 12.2. The smallest absolute Gasteiger partial charge is 0.224 e. The Balaban J connectivity index is 1.49. The third kappa shape index (κ3) is 6.22. The lowest BCUT2D eigenvalue weighted by molar-refractivity contribution is -0.116. The summed E-state index contributed by atoms with van der Waals surface area (Å²) in [4.78, 5) is 26.9. The summed E-state index contributed by atoms with van der Waals surface area (Å²) in [6.45, 7) is 5.13. The van der Waals surface area contributed by atoms with Gasteiger partial charge in [0.25, 0.3) is 0 Å². The largest absolute Gasteiger partial charge is 0.326 e. The van der Waals surface area contributed by atoms with E-state index in [1.807, 2.05) is 61.2 Å². The van der Waals surface area contributed by atoms with E-state index in [1.54, 1.807) is 0 Å². The Kier molecular flexibility index (Phi) is 7.07. The second-order valence-corrected chi connectivity index (χ2v) is 8.15. The van der Waals surface area contributed by atoms with Gasteiger partial charge in [-0.3, -0.25) is 14.5 Å². The van der Waals surface area contributed by atoms with E-state index in [-0.39, 0.29) is 24.5 Å². The van der Waals surface area contributed by atoms with E-state index < -0.39 is 0 Å². The number of Topliss-reactive ketones (excluding diaryl/α,β-unsaturated/α-hetero) is 1. The first-order valence-corrected chi connectivity index (χ1v) is 10.5. The van der Waals surface area contributed by atoms with E-state index in [0.29, 0.717) is 5.56 Å². The lowest BCUT2D eigenvalue weighted by Crippen LogP contribution is -2.31. The zero-order valence-corrected chi connectivity index (χ0v) is 16.6. The summed E-state index contributed by atoms with van der Waals surface area (Å²) >= 11 is 2.00. The summed E-state index contributed by atoms with van der Waals surface area (Å²) in [5, 5.41) is 2.92. The van der Waals surface area contributed by atoms with Crippen molar-refractivity contribution in [1.82, 2.24) is 4.90 Å². The van der Waals surface area contributed by atoms with Crippen molar-refractivity contribution >= 4 is 29.1 Å². The van der Waals surface area contributed by atoms with Gasteiger partial charge in [-0.05, 0) is 24.6 Å². The first-order chi connectivity index (χ1) is 13.1. The molecule has 0 radical (unpaired) electrons. The Morgan fingerprint density at radius 3 is 2.52 bits per heavy atom. The van der Waals surface area contributed by atoms with Crippen molar-refractivity contribution in [1.29, 1.82) is 0 Å². The number of carbonyl (C=O) groups is 2. The molecule has 0 atom stereocenters. The molecule has 1 saturated heterocycles. The lowest BCUT2D eigenvalue weighted by atomic mass is 10.0. The van der Waals surface area contributed by atoms with Crippen molar-refractivity contribution in [2.45, 2.75) is 26.3 Å². The van der Waals surface area contributed by atoms with E-state index in [1.165, 1.54) is 17.1 Å².